The van der Waals surface area contributed by atoms with Gasteiger partial charge in [0.05, 0.1) is 12.0 Å². The van der Waals surface area contributed by atoms with Crippen LogP contribution in [0, 0.1) is 12.3 Å². The average Bonchev–Trinajstić information content (AvgIpc) is 2.38. The minimum absolute atomic E-state index is 0.191. The van der Waals surface area contributed by atoms with Crippen LogP contribution in [-0.4, -0.2) is 46.4 Å². The van der Waals surface area contributed by atoms with E-state index in [0.29, 0.717) is 13.0 Å². The molecule has 2 N–H and O–H groups in total. The third-order valence-electron chi connectivity index (χ3n) is 2.86. The first-order valence-electron chi connectivity index (χ1n) is 5.72. The third-order valence-corrected chi connectivity index (χ3v) is 3.15. The molecule has 0 aliphatic heterocycles. The normalized spacial score (nSPS) is 16.0. The largest absolute Gasteiger partial charge is 0.391 e. The molecule has 2 atom stereocenters. The first-order valence-corrected chi connectivity index (χ1v) is 6.15. The first-order chi connectivity index (χ1) is 8.51. The molecule has 0 radical (unpaired) electrons. The predicted octanol–water partition coefficient (Wildman–Crippen LogP) is 1.08. The van der Waals surface area contributed by atoms with E-state index in [-0.39, 0.29) is 5.38 Å². The molecule has 0 aromatic heterocycles. The molecule has 3 nitrogen and oxygen atoms in total. The van der Waals surface area contributed by atoms with Crippen LogP contribution in [0.25, 0.3) is 0 Å². The maximum Gasteiger partial charge on any atom is 0.205 e. The second kappa shape index (κ2) is 6.77. The van der Waals surface area contributed by atoms with E-state index < -0.39 is 12.3 Å². The van der Waals surface area contributed by atoms with E-state index in [4.69, 9.17) is 23.1 Å². The van der Waals surface area contributed by atoms with Gasteiger partial charge in [-0.25, -0.2) is 0 Å². The van der Waals surface area contributed by atoms with E-state index in [0.717, 1.165) is 5.56 Å². The molecule has 1 aromatic carbocycles. The Morgan fingerprint density at radius 3 is 2.56 bits per heavy atom. The summed E-state index contributed by atoms with van der Waals surface area (Å²) in [4.78, 5) is 1.48. The number of alkyl halides is 1. The number of halogens is 1. The Morgan fingerprint density at radius 1 is 1.44 bits per heavy atom. The molecule has 0 saturated carbocycles. The highest BCUT2D eigenvalue weighted by Crippen LogP contribution is 2.14. The minimum atomic E-state index is -1.65. The molecule has 1 rings (SSSR count). The molecular formula is C14H18ClNO2. The maximum absolute atomic E-state index is 9.89. The fraction of sp³-hybridized carbons (Fsp3) is 0.429. The van der Waals surface area contributed by atoms with Crippen LogP contribution in [-0.2, 0) is 6.42 Å². The molecule has 0 saturated heterocycles. The van der Waals surface area contributed by atoms with Crippen LogP contribution in [0.5, 0.6) is 0 Å². The Kier molecular flexibility index (Phi) is 5.64. The summed E-state index contributed by atoms with van der Waals surface area (Å²) in [6, 6.07) is 9.84. The second-order valence-electron chi connectivity index (χ2n) is 4.29. The lowest BCUT2D eigenvalue weighted by Crippen LogP contribution is -2.50. The smallest absolute Gasteiger partial charge is 0.205 e. The van der Waals surface area contributed by atoms with E-state index in [9.17, 15) is 5.11 Å². The first kappa shape index (κ1) is 15.0. The number of nitrogens with zero attached hydrogens (tertiary/aromatic N) is 1. The summed E-state index contributed by atoms with van der Waals surface area (Å²) in [5.41, 5.74) is -0.525. The van der Waals surface area contributed by atoms with Crippen molar-refractivity contribution in [3.8, 4) is 12.3 Å². The Balaban J connectivity index is 2.55. The number of aliphatic hydroxyl groups is 2. The van der Waals surface area contributed by atoms with Crippen LogP contribution in [0.3, 0.4) is 0 Å². The molecule has 18 heavy (non-hydrogen) atoms. The van der Waals surface area contributed by atoms with Crippen LogP contribution >= 0.6 is 11.6 Å². The van der Waals surface area contributed by atoms with Crippen LogP contribution in [0.1, 0.15) is 5.56 Å². The number of hydrogen-bond acceptors (Lipinski definition) is 3. The van der Waals surface area contributed by atoms with Gasteiger partial charge in [-0.2, -0.15) is 0 Å². The van der Waals surface area contributed by atoms with Gasteiger partial charge in [0.1, 0.15) is 0 Å². The number of likely N-dealkylation sites (N-methyl/N-ethyl adjacent to an activating group) is 1. The Bertz CT molecular complexity index is 404. The summed E-state index contributed by atoms with van der Waals surface area (Å²) in [6.45, 7) is -0.132. The Labute approximate surface area is 113 Å². The van der Waals surface area contributed by atoms with Crippen molar-refractivity contribution in [1.82, 2.24) is 4.90 Å². The van der Waals surface area contributed by atoms with Crippen molar-refractivity contribution in [1.29, 1.82) is 0 Å². The fourth-order valence-electron chi connectivity index (χ4n) is 1.66. The van der Waals surface area contributed by atoms with Gasteiger partial charge < -0.3 is 10.2 Å². The molecule has 0 aliphatic rings. The molecule has 0 fully saturated rings. The zero-order valence-corrected chi connectivity index (χ0v) is 11.1. The lowest BCUT2D eigenvalue weighted by atomic mass is 10.1. The van der Waals surface area contributed by atoms with E-state index in [2.05, 4.69) is 5.92 Å². The lowest BCUT2D eigenvalue weighted by molar-refractivity contribution is -0.0803. The summed E-state index contributed by atoms with van der Waals surface area (Å²) in [5, 5.41) is 18.8. The maximum atomic E-state index is 9.89. The molecule has 2 unspecified atom stereocenters. The van der Waals surface area contributed by atoms with Gasteiger partial charge in [0, 0.05) is 6.54 Å². The summed E-state index contributed by atoms with van der Waals surface area (Å²) >= 11 is 6.23. The number of hydrogen-bond donors (Lipinski definition) is 2. The predicted molar refractivity (Wildman–Crippen MR) is 73.3 cm³/mol. The van der Waals surface area contributed by atoms with Crippen LogP contribution in [0.2, 0.25) is 0 Å². The van der Waals surface area contributed by atoms with Gasteiger partial charge >= 0.3 is 0 Å². The summed E-state index contributed by atoms with van der Waals surface area (Å²) in [5.74, 6) is 2.17. The number of rotatable bonds is 6. The van der Waals surface area contributed by atoms with Gasteiger partial charge in [-0.15, -0.1) is 18.0 Å². The van der Waals surface area contributed by atoms with Crippen LogP contribution in [0.15, 0.2) is 30.3 Å². The van der Waals surface area contributed by atoms with Gasteiger partial charge in [-0.05, 0) is 19.0 Å². The molecule has 0 amide bonds. The summed E-state index contributed by atoms with van der Waals surface area (Å²) < 4.78 is 0. The zero-order valence-electron chi connectivity index (χ0n) is 10.4. The molecule has 98 valence electrons. The third kappa shape index (κ3) is 4.01. The van der Waals surface area contributed by atoms with Gasteiger partial charge in [0.25, 0.3) is 0 Å². The van der Waals surface area contributed by atoms with Gasteiger partial charge in [-0.3, -0.25) is 4.90 Å². The summed E-state index contributed by atoms with van der Waals surface area (Å²) in [6.07, 6.45) is 5.88. The van der Waals surface area contributed by atoms with Gasteiger partial charge in [0.15, 0.2) is 0 Å². The quantitative estimate of drug-likeness (QED) is 0.461. The SMILES string of the molecule is C#CC(O)(CO)N(C)CC(Cl)Cc1ccccc1. The minimum Gasteiger partial charge on any atom is -0.391 e. The summed E-state index contributed by atoms with van der Waals surface area (Å²) in [7, 11) is 1.64. The van der Waals surface area contributed by atoms with Crippen molar-refractivity contribution in [2.45, 2.75) is 17.5 Å². The molecule has 0 heterocycles. The van der Waals surface area contributed by atoms with Crippen molar-refractivity contribution >= 4 is 11.6 Å². The van der Waals surface area contributed by atoms with Crippen molar-refractivity contribution in [2.75, 3.05) is 20.2 Å². The number of benzene rings is 1. The van der Waals surface area contributed by atoms with E-state index >= 15 is 0 Å². The molecule has 0 bridgehead atoms. The van der Waals surface area contributed by atoms with E-state index in [1.165, 1.54) is 4.90 Å². The van der Waals surface area contributed by atoms with E-state index in [1.54, 1.807) is 7.05 Å². The average molecular weight is 268 g/mol. The molecular weight excluding hydrogens is 250 g/mol. The molecule has 0 aliphatic carbocycles. The van der Waals surface area contributed by atoms with Gasteiger partial charge in [0.2, 0.25) is 5.72 Å². The van der Waals surface area contributed by atoms with Crippen LogP contribution < -0.4 is 0 Å². The Hall–Kier alpha value is -1.05. The zero-order chi connectivity index (χ0) is 13.6. The second-order valence-corrected chi connectivity index (χ2v) is 4.90. The highest BCUT2D eigenvalue weighted by Gasteiger charge is 2.29. The molecule has 1 aromatic rings. The van der Waals surface area contributed by atoms with Crippen molar-refractivity contribution in [3.05, 3.63) is 35.9 Å². The van der Waals surface area contributed by atoms with Crippen molar-refractivity contribution in [3.63, 3.8) is 0 Å². The molecule has 0 spiro atoms. The van der Waals surface area contributed by atoms with Crippen molar-refractivity contribution < 1.29 is 10.2 Å². The monoisotopic (exact) mass is 267 g/mol. The van der Waals surface area contributed by atoms with Crippen LogP contribution in [0.4, 0.5) is 0 Å². The fourth-order valence-corrected chi connectivity index (χ4v) is 2.04. The van der Waals surface area contributed by atoms with Gasteiger partial charge in [-0.1, -0.05) is 36.3 Å². The number of terminal acetylenes is 1. The lowest BCUT2D eigenvalue weighted by Gasteiger charge is -2.32. The standard InChI is InChI=1S/C14H18ClNO2/c1-3-14(18,11-17)16(2)10-13(15)9-12-7-5-4-6-8-12/h1,4-8,13,17-18H,9-11H2,2H3. The molecule has 4 heteroatoms. The van der Waals surface area contributed by atoms with E-state index in [1.807, 2.05) is 30.3 Å². The Morgan fingerprint density at radius 2 is 2.06 bits per heavy atom. The number of aliphatic hydroxyl groups excluding tert-OH is 1. The highest BCUT2D eigenvalue weighted by molar-refractivity contribution is 6.20. The highest BCUT2D eigenvalue weighted by atomic mass is 35.5. The van der Waals surface area contributed by atoms with Crippen molar-refractivity contribution in [2.24, 2.45) is 0 Å². The topological polar surface area (TPSA) is 43.7 Å².